The van der Waals surface area contributed by atoms with Gasteiger partial charge in [0.15, 0.2) is 0 Å². The van der Waals surface area contributed by atoms with Crippen molar-refractivity contribution < 1.29 is 9.90 Å². The second-order valence-corrected chi connectivity index (χ2v) is 6.40. The van der Waals surface area contributed by atoms with Crippen LogP contribution in [-0.4, -0.2) is 76.6 Å². The van der Waals surface area contributed by atoms with Crippen molar-refractivity contribution in [2.75, 3.05) is 50.8 Å². The fourth-order valence-electron chi connectivity index (χ4n) is 3.12. The second-order valence-electron chi connectivity index (χ2n) is 6.40. The number of β-amino-alcohol motifs (C(OH)–C–C–N with tert-alkyl or cyclic N) is 1. The highest BCUT2D eigenvalue weighted by atomic mass is 16.3. The second kappa shape index (κ2) is 8.77. The normalized spacial score (nSPS) is 15.2. The van der Waals surface area contributed by atoms with Crippen molar-refractivity contribution in [1.82, 2.24) is 25.0 Å². The molecule has 2 N–H and O–H groups in total. The monoisotopic (exact) mass is 358 g/mol. The number of nitrogens with one attached hydrogen (secondary N) is 1. The van der Waals surface area contributed by atoms with Crippen LogP contribution in [0.2, 0.25) is 0 Å². The lowest BCUT2D eigenvalue weighted by Crippen LogP contribution is -2.48. The van der Waals surface area contributed by atoms with Crippen LogP contribution in [0.15, 0.2) is 30.6 Å². The van der Waals surface area contributed by atoms with Crippen molar-refractivity contribution in [3.05, 3.63) is 41.9 Å². The number of nitrogens with zero attached hydrogens (tertiary/aromatic N) is 5. The predicted octanol–water partition coefficient (Wildman–Crippen LogP) is 0.131. The van der Waals surface area contributed by atoms with E-state index in [0.29, 0.717) is 25.2 Å². The van der Waals surface area contributed by atoms with Crippen molar-refractivity contribution in [2.45, 2.75) is 13.5 Å². The largest absolute Gasteiger partial charge is 0.395 e. The Bertz CT molecular complexity index is 724. The predicted molar refractivity (Wildman–Crippen MR) is 99.3 cm³/mol. The van der Waals surface area contributed by atoms with E-state index in [1.807, 2.05) is 29.9 Å². The Balaban J connectivity index is 1.58. The van der Waals surface area contributed by atoms with Gasteiger partial charge in [0.05, 0.1) is 24.4 Å². The average Bonchev–Trinajstić information content (AvgIpc) is 3.08. The summed E-state index contributed by atoms with van der Waals surface area (Å²) in [7, 11) is 0. The van der Waals surface area contributed by atoms with Gasteiger partial charge >= 0.3 is 0 Å². The van der Waals surface area contributed by atoms with Crippen LogP contribution >= 0.6 is 0 Å². The van der Waals surface area contributed by atoms with Crippen LogP contribution in [0.3, 0.4) is 0 Å². The highest BCUT2D eigenvalue weighted by Gasteiger charge is 2.22. The Morgan fingerprint density at radius 1 is 1.23 bits per heavy atom. The van der Waals surface area contributed by atoms with Gasteiger partial charge in [-0.3, -0.25) is 14.4 Å². The minimum atomic E-state index is -0.116. The molecular formula is C18H26N6O2. The van der Waals surface area contributed by atoms with E-state index in [2.05, 4.69) is 25.2 Å². The van der Waals surface area contributed by atoms with E-state index in [0.717, 1.165) is 37.7 Å². The number of aliphatic hydroxyl groups excluding tert-OH is 1. The SMILES string of the molecule is Cc1ccn(CCNC(=O)c2cccnc2N2CCN(CCO)CC2)n1. The Hall–Kier alpha value is -2.45. The Kier molecular flexibility index (Phi) is 6.19. The van der Waals surface area contributed by atoms with Gasteiger partial charge in [-0.05, 0) is 25.1 Å². The molecule has 140 valence electrons. The van der Waals surface area contributed by atoms with Crippen molar-refractivity contribution in [3.8, 4) is 0 Å². The molecule has 0 aliphatic carbocycles. The fourth-order valence-corrected chi connectivity index (χ4v) is 3.12. The molecule has 26 heavy (non-hydrogen) atoms. The van der Waals surface area contributed by atoms with E-state index in [1.165, 1.54) is 0 Å². The van der Waals surface area contributed by atoms with Crippen molar-refractivity contribution >= 4 is 11.7 Å². The lowest BCUT2D eigenvalue weighted by Gasteiger charge is -2.35. The molecule has 3 heterocycles. The minimum Gasteiger partial charge on any atom is -0.395 e. The van der Waals surface area contributed by atoms with Crippen LogP contribution in [0, 0.1) is 6.92 Å². The lowest BCUT2D eigenvalue weighted by molar-refractivity contribution is 0.0952. The summed E-state index contributed by atoms with van der Waals surface area (Å²) in [6.45, 7) is 7.26. The third-order valence-electron chi connectivity index (χ3n) is 4.52. The first-order chi connectivity index (χ1) is 12.7. The first kappa shape index (κ1) is 18.3. The van der Waals surface area contributed by atoms with Crippen molar-refractivity contribution in [2.24, 2.45) is 0 Å². The molecule has 0 saturated carbocycles. The Morgan fingerprint density at radius 3 is 2.73 bits per heavy atom. The zero-order valence-electron chi connectivity index (χ0n) is 15.1. The topological polar surface area (TPSA) is 86.5 Å². The smallest absolute Gasteiger partial charge is 0.255 e. The number of anilines is 1. The summed E-state index contributed by atoms with van der Waals surface area (Å²) in [6, 6.07) is 5.55. The number of aliphatic hydroxyl groups is 1. The van der Waals surface area contributed by atoms with Gasteiger partial charge in [0.2, 0.25) is 0 Å². The number of carbonyl (C=O) groups excluding carboxylic acids is 1. The number of rotatable bonds is 7. The molecule has 3 rings (SSSR count). The van der Waals surface area contributed by atoms with E-state index in [4.69, 9.17) is 5.11 Å². The van der Waals surface area contributed by atoms with E-state index in [1.54, 1.807) is 12.3 Å². The number of carbonyl (C=O) groups is 1. The molecule has 0 unspecified atom stereocenters. The van der Waals surface area contributed by atoms with E-state index in [9.17, 15) is 4.79 Å². The highest BCUT2D eigenvalue weighted by Crippen LogP contribution is 2.18. The molecule has 1 fully saturated rings. The summed E-state index contributed by atoms with van der Waals surface area (Å²) in [5.74, 6) is 0.610. The summed E-state index contributed by atoms with van der Waals surface area (Å²) < 4.78 is 1.82. The van der Waals surface area contributed by atoms with Gasteiger partial charge < -0.3 is 15.3 Å². The first-order valence-electron chi connectivity index (χ1n) is 8.99. The Labute approximate surface area is 153 Å². The van der Waals surface area contributed by atoms with Gasteiger partial charge in [-0.25, -0.2) is 4.98 Å². The number of pyridine rings is 1. The van der Waals surface area contributed by atoms with Crippen molar-refractivity contribution in [3.63, 3.8) is 0 Å². The van der Waals surface area contributed by atoms with Crippen LogP contribution < -0.4 is 10.2 Å². The first-order valence-corrected chi connectivity index (χ1v) is 8.99. The molecule has 2 aromatic rings. The third kappa shape index (κ3) is 4.59. The van der Waals surface area contributed by atoms with E-state index < -0.39 is 0 Å². The number of hydrogen-bond donors (Lipinski definition) is 2. The summed E-state index contributed by atoms with van der Waals surface area (Å²) >= 11 is 0. The number of hydrogen-bond acceptors (Lipinski definition) is 6. The molecule has 1 amide bonds. The molecule has 1 aliphatic heterocycles. The molecular weight excluding hydrogens is 332 g/mol. The molecule has 0 radical (unpaired) electrons. The molecule has 0 bridgehead atoms. The van der Waals surface area contributed by atoms with E-state index >= 15 is 0 Å². The summed E-state index contributed by atoms with van der Waals surface area (Å²) in [5, 5.41) is 16.3. The maximum Gasteiger partial charge on any atom is 0.255 e. The standard InChI is InChI=1S/C18H26N6O2/c1-15-4-7-24(21-15)8-6-20-18(26)16-3-2-5-19-17(16)23-11-9-22(10-12-23)13-14-25/h2-5,7,25H,6,8-14H2,1H3,(H,20,26). The molecule has 1 aliphatic rings. The zero-order chi connectivity index (χ0) is 18.4. The van der Waals surface area contributed by atoms with Gasteiger partial charge in [-0.15, -0.1) is 0 Å². The Morgan fingerprint density at radius 2 is 2.04 bits per heavy atom. The van der Waals surface area contributed by atoms with E-state index in [-0.39, 0.29) is 12.5 Å². The molecule has 0 atom stereocenters. The summed E-state index contributed by atoms with van der Waals surface area (Å²) in [6.07, 6.45) is 3.63. The molecule has 0 aromatic carbocycles. The minimum absolute atomic E-state index is 0.116. The van der Waals surface area contributed by atoms with Gasteiger partial charge in [-0.2, -0.15) is 5.10 Å². The van der Waals surface area contributed by atoms with Gasteiger partial charge in [0.1, 0.15) is 5.82 Å². The molecule has 8 heteroatoms. The van der Waals surface area contributed by atoms with Crippen LogP contribution in [0.5, 0.6) is 0 Å². The summed E-state index contributed by atoms with van der Waals surface area (Å²) in [5.41, 5.74) is 1.56. The highest BCUT2D eigenvalue weighted by molar-refractivity contribution is 5.98. The molecule has 0 spiro atoms. The maximum atomic E-state index is 12.6. The fraction of sp³-hybridized carbons (Fsp3) is 0.500. The number of amides is 1. The lowest BCUT2D eigenvalue weighted by atomic mass is 10.2. The average molecular weight is 358 g/mol. The quantitative estimate of drug-likeness (QED) is 0.732. The van der Waals surface area contributed by atoms with Crippen LogP contribution in [-0.2, 0) is 6.54 Å². The number of aromatic nitrogens is 3. The third-order valence-corrected chi connectivity index (χ3v) is 4.52. The zero-order valence-corrected chi connectivity index (χ0v) is 15.1. The number of piperazine rings is 1. The van der Waals surface area contributed by atoms with Gasteiger partial charge in [-0.1, -0.05) is 0 Å². The van der Waals surface area contributed by atoms with Crippen LogP contribution in [0.1, 0.15) is 16.1 Å². The van der Waals surface area contributed by atoms with Crippen LogP contribution in [0.4, 0.5) is 5.82 Å². The van der Waals surface area contributed by atoms with Crippen molar-refractivity contribution in [1.29, 1.82) is 0 Å². The van der Waals surface area contributed by atoms with Gasteiger partial charge in [0.25, 0.3) is 5.91 Å². The van der Waals surface area contributed by atoms with Gasteiger partial charge in [0, 0.05) is 51.7 Å². The molecule has 2 aromatic heterocycles. The molecule has 8 nitrogen and oxygen atoms in total. The number of aryl methyl sites for hydroxylation is 1. The van der Waals surface area contributed by atoms with Crippen LogP contribution in [0.25, 0.3) is 0 Å². The molecule has 1 saturated heterocycles. The maximum absolute atomic E-state index is 12.6. The summed E-state index contributed by atoms with van der Waals surface area (Å²) in [4.78, 5) is 21.4.